The maximum Gasteiger partial charge on any atom is 0.240 e. The fourth-order valence-corrected chi connectivity index (χ4v) is 6.92. The number of hydrogen-bond donors (Lipinski definition) is 0. The molecular formula is C11H19Cl2NSi2. The van der Waals surface area contributed by atoms with Gasteiger partial charge in [0.15, 0.2) is 0 Å². The van der Waals surface area contributed by atoms with Crippen molar-refractivity contribution in [2.45, 2.75) is 19.6 Å². The summed E-state index contributed by atoms with van der Waals surface area (Å²) in [6.07, 6.45) is -2.10. The van der Waals surface area contributed by atoms with E-state index < -0.39 is 13.8 Å². The molecule has 16 heavy (non-hydrogen) atoms. The van der Waals surface area contributed by atoms with Gasteiger partial charge in [-0.2, -0.15) is 0 Å². The second-order valence-corrected chi connectivity index (χ2v) is 24.3. The third-order valence-electron chi connectivity index (χ3n) is 3.20. The number of benzene rings is 1. The van der Waals surface area contributed by atoms with Gasteiger partial charge in [0.25, 0.3) is 0 Å². The maximum atomic E-state index is 6.42. The lowest BCUT2D eigenvalue weighted by atomic mass is 10.3. The summed E-state index contributed by atoms with van der Waals surface area (Å²) in [6.45, 7) is 6.54. The van der Waals surface area contributed by atoms with Gasteiger partial charge in [0.05, 0.1) is 0 Å². The number of nitrogens with zero attached hydrogens (tertiary/aromatic N) is 1. The third kappa shape index (κ3) is 2.83. The minimum Gasteiger partial charge on any atom is -0.378 e. The van der Waals surface area contributed by atoms with Crippen LogP contribution in [-0.2, 0) is 0 Å². The van der Waals surface area contributed by atoms with E-state index in [1.807, 2.05) is 20.6 Å². The molecule has 5 heteroatoms. The van der Waals surface area contributed by atoms with Gasteiger partial charge >= 0.3 is 0 Å². The lowest BCUT2D eigenvalue weighted by Gasteiger charge is -2.31. The quantitative estimate of drug-likeness (QED) is 0.610. The Labute approximate surface area is 110 Å². The van der Waals surface area contributed by atoms with Crippen LogP contribution in [0.2, 0.25) is 19.6 Å². The third-order valence-corrected chi connectivity index (χ3v) is 23.1. The molecule has 0 amide bonds. The number of halogens is 2. The van der Waals surface area contributed by atoms with Crippen molar-refractivity contribution in [3.8, 4) is 0 Å². The summed E-state index contributed by atoms with van der Waals surface area (Å²) in [4.78, 5) is 2.09. The Bertz CT molecular complexity index is 355. The van der Waals surface area contributed by atoms with E-state index in [-0.39, 0.29) is 0 Å². The highest BCUT2D eigenvalue weighted by Gasteiger charge is 2.44. The van der Waals surface area contributed by atoms with Crippen molar-refractivity contribution in [1.29, 1.82) is 0 Å². The average Bonchev–Trinajstić information content (AvgIpc) is 2.16. The molecule has 1 rings (SSSR count). The molecule has 0 aliphatic rings. The molecule has 0 fully saturated rings. The molecule has 90 valence electrons. The summed E-state index contributed by atoms with van der Waals surface area (Å²) in [7, 11) is 2.39. The second-order valence-electron chi connectivity index (χ2n) is 4.95. The van der Waals surface area contributed by atoms with Crippen LogP contribution in [0.1, 0.15) is 0 Å². The van der Waals surface area contributed by atoms with Gasteiger partial charge in [-0.25, -0.2) is 0 Å². The maximum absolute atomic E-state index is 6.42. The van der Waals surface area contributed by atoms with E-state index in [4.69, 9.17) is 22.2 Å². The summed E-state index contributed by atoms with van der Waals surface area (Å²) >= 11 is 12.8. The molecule has 1 nitrogen and oxygen atoms in total. The normalized spacial score (nSPS) is 12.7. The Hall–Kier alpha value is 0.0338. The van der Waals surface area contributed by atoms with Crippen LogP contribution in [0, 0.1) is 0 Å². The van der Waals surface area contributed by atoms with E-state index in [9.17, 15) is 0 Å². The average molecular weight is 292 g/mol. The van der Waals surface area contributed by atoms with Gasteiger partial charge < -0.3 is 4.90 Å². The van der Waals surface area contributed by atoms with Gasteiger partial charge in [-0.15, -0.1) is 22.2 Å². The van der Waals surface area contributed by atoms with Crippen LogP contribution in [0.4, 0.5) is 5.69 Å². The van der Waals surface area contributed by atoms with Gasteiger partial charge in [-0.1, -0.05) is 30.4 Å². The van der Waals surface area contributed by atoms with E-state index >= 15 is 0 Å². The van der Waals surface area contributed by atoms with Crippen molar-refractivity contribution in [1.82, 2.24) is 0 Å². The van der Waals surface area contributed by atoms with Gasteiger partial charge in [-0.3, -0.25) is 0 Å². The summed E-state index contributed by atoms with van der Waals surface area (Å²) in [5.74, 6) is 0. The molecule has 1 aromatic rings. The fraction of sp³-hybridized carbons (Fsp3) is 0.455. The molecule has 0 aromatic heterocycles. The Morgan fingerprint density at radius 3 is 1.69 bits per heavy atom. The first kappa shape index (κ1) is 14.1. The van der Waals surface area contributed by atoms with Crippen LogP contribution in [0.5, 0.6) is 0 Å². The molecular weight excluding hydrogens is 273 g/mol. The molecule has 0 bridgehead atoms. The monoisotopic (exact) mass is 291 g/mol. The van der Waals surface area contributed by atoms with E-state index in [1.165, 1.54) is 10.9 Å². The standard InChI is InChI=1S/C11H19Cl2NSi2/c1-14(2)10-6-8-11(9-7-10)15(3,4)16(5,12)13/h6-9H,1-5H3. The Morgan fingerprint density at radius 1 is 0.938 bits per heavy atom. The summed E-state index contributed by atoms with van der Waals surface area (Å²) in [5, 5.41) is 1.34. The number of anilines is 1. The molecule has 0 saturated heterocycles. The molecule has 0 saturated carbocycles. The van der Waals surface area contributed by atoms with Gasteiger partial charge in [0.1, 0.15) is 7.59 Å². The Kier molecular flexibility index (Phi) is 4.16. The largest absolute Gasteiger partial charge is 0.378 e. The van der Waals surface area contributed by atoms with Gasteiger partial charge in [0, 0.05) is 19.8 Å². The zero-order valence-corrected chi connectivity index (χ0v) is 14.0. The molecule has 1 aromatic carbocycles. The smallest absolute Gasteiger partial charge is 0.240 e. The molecule has 0 aliphatic heterocycles. The minimum absolute atomic E-state index is 1.21. The van der Waals surface area contributed by atoms with Gasteiger partial charge in [0.2, 0.25) is 6.21 Å². The van der Waals surface area contributed by atoms with Crippen molar-refractivity contribution < 1.29 is 0 Å². The van der Waals surface area contributed by atoms with Crippen LogP contribution >= 0.6 is 22.2 Å². The van der Waals surface area contributed by atoms with Crippen molar-refractivity contribution in [3.05, 3.63) is 24.3 Å². The van der Waals surface area contributed by atoms with Crippen LogP contribution in [0.15, 0.2) is 24.3 Å². The molecule has 0 N–H and O–H groups in total. The predicted octanol–water partition coefficient (Wildman–Crippen LogP) is 3.30. The van der Waals surface area contributed by atoms with E-state index in [1.54, 1.807) is 0 Å². The van der Waals surface area contributed by atoms with Crippen molar-refractivity contribution >= 4 is 46.8 Å². The number of hydrogen-bond acceptors (Lipinski definition) is 1. The molecule has 0 heterocycles. The topological polar surface area (TPSA) is 3.24 Å². The van der Waals surface area contributed by atoms with Crippen LogP contribution < -0.4 is 10.1 Å². The zero-order chi connectivity index (χ0) is 12.6. The molecule has 0 spiro atoms. The SMILES string of the molecule is CN(C)c1ccc([Si](C)(C)[Si](C)(Cl)Cl)cc1. The fourth-order valence-electron chi connectivity index (χ4n) is 1.43. The van der Waals surface area contributed by atoms with Gasteiger partial charge in [-0.05, 0) is 18.7 Å². The van der Waals surface area contributed by atoms with Crippen LogP contribution in [-0.4, -0.2) is 27.9 Å². The van der Waals surface area contributed by atoms with E-state index in [0.717, 1.165) is 0 Å². The zero-order valence-electron chi connectivity index (χ0n) is 10.5. The summed E-state index contributed by atoms with van der Waals surface area (Å²) in [5.41, 5.74) is 1.21. The first-order valence-corrected chi connectivity index (χ1v) is 13.8. The predicted molar refractivity (Wildman–Crippen MR) is 81.2 cm³/mol. The lowest BCUT2D eigenvalue weighted by molar-refractivity contribution is 1.13. The minimum atomic E-state index is -2.10. The van der Waals surface area contributed by atoms with E-state index in [0.29, 0.717) is 0 Å². The van der Waals surface area contributed by atoms with Crippen molar-refractivity contribution in [3.63, 3.8) is 0 Å². The molecule has 0 atom stereocenters. The Morgan fingerprint density at radius 2 is 1.38 bits per heavy atom. The van der Waals surface area contributed by atoms with Crippen LogP contribution in [0.25, 0.3) is 0 Å². The summed E-state index contributed by atoms with van der Waals surface area (Å²) < 4.78 is 0. The van der Waals surface area contributed by atoms with E-state index in [2.05, 4.69) is 42.3 Å². The highest BCUT2D eigenvalue weighted by molar-refractivity contribution is 7.76. The Balaban J connectivity index is 3.07. The molecule has 0 aliphatic carbocycles. The van der Waals surface area contributed by atoms with Crippen molar-refractivity contribution in [2.24, 2.45) is 0 Å². The lowest BCUT2D eigenvalue weighted by Crippen LogP contribution is -2.58. The first-order valence-electron chi connectivity index (χ1n) is 5.32. The van der Waals surface area contributed by atoms with Crippen molar-refractivity contribution in [2.75, 3.05) is 19.0 Å². The molecule has 0 unspecified atom stereocenters. The highest BCUT2D eigenvalue weighted by atomic mass is 35.7. The number of rotatable bonds is 3. The first-order chi connectivity index (χ1) is 7.16. The highest BCUT2D eigenvalue weighted by Crippen LogP contribution is 2.27. The summed E-state index contributed by atoms with van der Waals surface area (Å²) in [6, 6.07) is 8.63. The van der Waals surface area contributed by atoms with Crippen LogP contribution in [0.3, 0.4) is 0 Å². The second kappa shape index (κ2) is 4.72. The molecule has 0 radical (unpaired) electrons.